The maximum atomic E-state index is 12.3. The van der Waals surface area contributed by atoms with E-state index in [0.717, 1.165) is 11.3 Å². The van der Waals surface area contributed by atoms with Crippen LogP contribution in [0.4, 0.5) is 0 Å². The predicted molar refractivity (Wildman–Crippen MR) is 111 cm³/mol. The van der Waals surface area contributed by atoms with Gasteiger partial charge in [-0.2, -0.15) is 0 Å². The van der Waals surface area contributed by atoms with E-state index in [0.29, 0.717) is 17.8 Å². The zero-order valence-electron chi connectivity index (χ0n) is 16.8. The van der Waals surface area contributed by atoms with Gasteiger partial charge in [0.1, 0.15) is 11.8 Å². The lowest BCUT2D eigenvalue weighted by Gasteiger charge is -2.20. The molecular weight excluding hydrogens is 392 g/mol. The molecule has 0 bridgehead atoms. The van der Waals surface area contributed by atoms with Gasteiger partial charge in [-0.25, -0.2) is 4.79 Å². The summed E-state index contributed by atoms with van der Waals surface area (Å²) in [4.78, 5) is 37.0. The van der Waals surface area contributed by atoms with Gasteiger partial charge >= 0.3 is 5.97 Å². The summed E-state index contributed by atoms with van der Waals surface area (Å²) in [7, 11) is 1.61. The highest BCUT2D eigenvalue weighted by atomic mass is 32.1. The number of nitrogens with one attached hydrogen (secondary N) is 2. The molecule has 2 aromatic rings. The van der Waals surface area contributed by atoms with Crippen molar-refractivity contribution in [3.63, 3.8) is 0 Å². The first kappa shape index (κ1) is 22.4. The van der Waals surface area contributed by atoms with Crippen LogP contribution in [0.25, 0.3) is 0 Å². The molecule has 156 valence electrons. The van der Waals surface area contributed by atoms with Gasteiger partial charge in [0, 0.05) is 6.54 Å². The molecular formula is C21H26N2O5S. The molecule has 0 saturated heterocycles. The molecule has 1 atom stereocenters. The number of esters is 1. The standard InChI is InChI=1S/C21H26N2O5S/c1-14(2)19(23-20(25)17-5-4-12-29-17)21(26)28-13-18(24)22-11-10-15-6-8-16(27-3)9-7-15/h4-9,12,14,19H,10-11,13H2,1-3H3,(H,22,24)(H,23,25)/t19-/m1/s1. The van der Waals surface area contributed by atoms with Crippen LogP contribution in [0.5, 0.6) is 5.75 Å². The van der Waals surface area contributed by atoms with Crippen LogP contribution in [0.15, 0.2) is 41.8 Å². The molecule has 8 heteroatoms. The van der Waals surface area contributed by atoms with E-state index < -0.39 is 12.0 Å². The van der Waals surface area contributed by atoms with E-state index in [4.69, 9.17) is 9.47 Å². The first-order chi connectivity index (χ1) is 13.9. The molecule has 0 aliphatic carbocycles. The first-order valence-corrected chi connectivity index (χ1v) is 10.2. The smallest absolute Gasteiger partial charge is 0.329 e. The zero-order valence-corrected chi connectivity index (χ0v) is 17.6. The average Bonchev–Trinajstić information content (AvgIpc) is 3.25. The largest absolute Gasteiger partial charge is 0.497 e. The highest BCUT2D eigenvalue weighted by Crippen LogP contribution is 2.12. The fourth-order valence-corrected chi connectivity index (χ4v) is 3.16. The van der Waals surface area contributed by atoms with Gasteiger partial charge in [0.2, 0.25) is 0 Å². The van der Waals surface area contributed by atoms with E-state index in [-0.39, 0.29) is 24.3 Å². The van der Waals surface area contributed by atoms with E-state index >= 15 is 0 Å². The Morgan fingerprint density at radius 3 is 2.41 bits per heavy atom. The second-order valence-electron chi connectivity index (χ2n) is 6.73. The van der Waals surface area contributed by atoms with Crippen LogP contribution in [0, 0.1) is 5.92 Å². The van der Waals surface area contributed by atoms with E-state index in [1.165, 1.54) is 11.3 Å². The van der Waals surface area contributed by atoms with Crippen molar-refractivity contribution >= 4 is 29.1 Å². The lowest BCUT2D eigenvalue weighted by atomic mass is 10.0. The van der Waals surface area contributed by atoms with Gasteiger partial charge in [0.25, 0.3) is 11.8 Å². The number of amides is 2. The highest BCUT2D eigenvalue weighted by molar-refractivity contribution is 7.12. The number of rotatable bonds is 10. The minimum Gasteiger partial charge on any atom is -0.497 e. The summed E-state index contributed by atoms with van der Waals surface area (Å²) < 4.78 is 10.2. The number of ether oxygens (including phenoxy) is 2. The lowest BCUT2D eigenvalue weighted by Crippen LogP contribution is -2.46. The molecule has 1 aromatic carbocycles. The van der Waals surface area contributed by atoms with Gasteiger partial charge in [-0.1, -0.05) is 32.0 Å². The summed E-state index contributed by atoms with van der Waals surface area (Å²) >= 11 is 1.29. The summed E-state index contributed by atoms with van der Waals surface area (Å²) in [5.41, 5.74) is 1.05. The fraction of sp³-hybridized carbons (Fsp3) is 0.381. The van der Waals surface area contributed by atoms with E-state index in [1.807, 2.05) is 24.3 Å². The number of hydrogen-bond acceptors (Lipinski definition) is 6. The van der Waals surface area contributed by atoms with Crippen LogP contribution in [0.3, 0.4) is 0 Å². The van der Waals surface area contributed by atoms with Gasteiger partial charge in [0.05, 0.1) is 12.0 Å². The molecule has 2 amide bonds. The summed E-state index contributed by atoms with van der Waals surface area (Å²) in [6, 6.07) is 10.2. The molecule has 0 radical (unpaired) electrons. The second-order valence-corrected chi connectivity index (χ2v) is 7.68. The van der Waals surface area contributed by atoms with Crippen LogP contribution in [0.1, 0.15) is 29.1 Å². The van der Waals surface area contributed by atoms with Crippen molar-refractivity contribution in [2.24, 2.45) is 5.92 Å². The second kappa shape index (κ2) is 11.2. The molecule has 0 fully saturated rings. The van der Waals surface area contributed by atoms with Crippen LogP contribution >= 0.6 is 11.3 Å². The van der Waals surface area contributed by atoms with Crippen molar-refractivity contribution in [2.45, 2.75) is 26.3 Å². The number of benzene rings is 1. The predicted octanol–water partition coefficient (Wildman–Crippen LogP) is 2.41. The molecule has 0 aliphatic rings. The Labute approximate surface area is 174 Å². The zero-order chi connectivity index (χ0) is 21.2. The Morgan fingerprint density at radius 2 is 1.83 bits per heavy atom. The van der Waals surface area contributed by atoms with Crippen molar-refractivity contribution in [1.82, 2.24) is 10.6 Å². The van der Waals surface area contributed by atoms with Crippen molar-refractivity contribution in [2.75, 3.05) is 20.3 Å². The van der Waals surface area contributed by atoms with Crippen molar-refractivity contribution < 1.29 is 23.9 Å². The normalized spacial score (nSPS) is 11.6. The van der Waals surface area contributed by atoms with E-state index in [2.05, 4.69) is 10.6 Å². The van der Waals surface area contributed by atoms with Gasteiger partial charge in [0.15, 0.2) is 6.61 Å². The fourth-order valence-electron chi connectivity index (χ4n) is 2.53. The summed E-state index contributed by atoms with van der Waals surface area (Å²) in [5.74, 6) is -0.756. The average molecular weight is 419 g/mol. The molecule has 1 aromatic heterocycles. The molecule has 1 heterocycles. The van der Waals surface area contributed by atoms with Crippen molar-refractivity contribution in [3.05, 3.63) is 52.2 Å². The third-order valence-corrected chi connectivity index (χ3v) is 5.06. The van der Waals surface area contributed by atoms with Crippen molar-refractivity contribution in [3.8, 4) is 5.75 Å². The molecule has 0 unspecified atom stereocenters. The quantitative estimate of drug-likeness (QED) is 0.578. The first-order valence-electron chi connectivity index (χ1n) is 9.31. The molecule has 0 aliphatic heterocycles. The van der Waals surface area contributed by atoms with E-state index in [9.17, 15) is 14.4 Å². The molecule has 2 N–H and O–H groups in total. The Hall–Kier alpha value is -2.87. The molecule has 0 spiro atoms. The summed E-state index contributed by atoms with van der Waals surface area (Å²) in [5, 5.41) is 7.17. The minimum atomic E-state index is -0.823. The van der Waals surface area contributed by atoms with Crippen molar-refractivity contribution in [1.29, 1.82) is 0 Å². The van der Waals surface area contributed by atoms with Gasteiger partial charge < -0.3 is 20.1 Å². The maximum Gasteiger partial charge on any atom is 0.329 e. The Kier molecular flexibility index (Phi) is 8.67. The maximum absolute atomic E-state index is 12.3. The van der Waals surface area contributed by atoms with Crippen LogP contribution in [0.2, 0.25) is 0 Å². The summed E-state index contributed by atoms with van der Waals surface area (Å²) in [6.45, 7) is 3.64. The van der Waals surface area contributed by atoms with Gasteiger partial charge in [-0.05, 0) is 41.5 Å². The third-order valence-electron chi connectivity index (χ3n) is 4.19. The summed E-state index contributed by atoms with van der Waals surface area (Å²) in [6.07, 6.45) is 0.648. The molecule has 2 rings (SSSR count). The lowest BCUT2D eigenvalue weighted by molar-refractivity contribution is -0.151. The van der Waals surface area contributed by atoms with Gasteiger partial charge in [-0.3, -0.25) is 9.59 Å². The van der Waals surface area contributed by atoms with Crippen LogP contribution in [-0.4, -0.2) is 44.1 Å². The number of methoxy groups -OCH3 is 1. The van der Waals surface area contributed by atoms with Gasteiger partial charge in [-0.15, -0.1) is 11.3 Å². The number of carbonyl (C=O) groups excluding carboxylic acids is 3. The highest BCUT2D eigenvalue weighted by Gasteiger charge is 2.27. The van der Waals surface area contributed by atoms with E-state index in [1.54, 1.807) is 38.5 Å². The Bertz CT molecular complexity index is 803. The SMILES string of the molecule is COc1ccc(CCNC(=O)COC(=O)[C@H](NC(=O)c2cccs2)C(C)C)cc1. The molecule has 7 nitrogen and oxygen atoms in total. The minimum absolute atomic E-state index is 0.176. The number of thiophene rings is 1. The number of carbonyl (C=O) groups is 3. The van der Waals surface area contributed by atoms with Crippen LogP contribution in [-0.2, 0) is 20.7 Å². The number of hydrogen-bond donors (Lipinski definition) is 2. The topological polar surface area (TPSA) is 93.7 Å². The third kappa shape index (κ3) is 7.23. The molecule has 0 saturated carbocycles. The monoisotopic (exact) mass is 418 g/mol. The molecule has 29 heavy (non-hydrogen) atoms. The van der Waals surface area contributed by atoms with Crippen LogP contribution < -0.4 is 15.4 Å². The Morgan fingerprint density at radius 1 is 1.10 bits per heavy atom. The Balaban J connectivity index is 1.74.